The number of aliphatic hydroxyl groups excluding tert-OH is 1. The summed E-state index contributed by atoms with van der Waals surface area (Å²) in [5.74, 6) is 5.34. The molecule has 20 heavy (non-hydrogen) atoms. The molecule has 1 heterocycles. The van der Waals surface area contributed by atoms with E-state index in [4.69, 9.17) is 5.11 Å². The Morgan fingerprint density at radius 3 is 3.00 bits per heavy atom. The normalized spacial score (nSPS) is 18.0. The molecule has 1 amide bonds. The van der Waals surface area contributed by atoms with Gasteiger partial charge in [-0.1, -0.05) is 18.3 Å². The van der Waals surface area contributed by atoms with E-state index >= 15 is 0 Å². The first-order valence-corrected chi connectivity index (χ1v) is 7.57. The van der Waals surface area contributed by atoms with Crippen LogP contribution in [-0.4, -0.2) is 28.6 Å². The number of hydrogen-bond acceptors (Lipinski definition) is 3. The van der Waals surface area contributed by atoms with E-state index in [2.05, 4.69) is 17.2 Å². The zero-order chi connectivity index (χ0) is 14.4. The molecule has 5 heteroatoms. The molecule has 1 saturated heterocycles. The lowest BCUT2D eigenvalue weighted by Gasteiger charge is -2.20. The van der Waals surface area contributed by atoms with Gasteiger partial charge >= 0.3 is 0 Å². The van der Waals surface area contributed by atoms with Crippen LogP contribution in [0.25, 0.3) is 0 Å². The highest BCUT2D eigenvalue weighted by molar-refractivity contribution is 8.00. The van der Waals surface area contributed by atoms with Crippen molar-refractivity contribution in [1.29, 1.82) is 0 Å². The SMILES string of the molecule is O=C(Nc1ccc(C#CCO)c(F)c1)C1CCCCS1. The summed E-state index contributed by atoms with van der Waals surface area (Å²) < 4.78 is 13.7. The molecular weight excluding hydrogens is 277 g/mol. The van der Waals surface area contributed by atoms with E-state index in [1.165, 1.54) is 12.1 Å². The summed E-state index contributed by atoms with van der Waals surface area (Å²) in [7, 11) is 0. The number of carbonyl (C=O) groups is 1. The number of nitrogens with one attached hydrogen (secondary N) is 1. The number of aliphatic hydroxyl groups is 1. The standard InChI is InChI=1S/C15H16FNO2S/c16-13-10-12(7-6-11(13)4-3-8-18)17-15(19)14-5-1-2-9-20-14/h6-7,10,14,18H,1-2,5,8-9H2,(H,17,19). The van der Waals surface area contributed by atoms with Crippen LogP contribution in [0.5, 0.6) is 0 Å². The lowest BCUT2D eigenvalue weighted by molar-refractivity contribution is -0.115. The van der Waals surface area contributed by atoms with Crippen LogP contribution in [0.1, 0.15) is 24.8 Å². The molecule has 106 valence electrons. The summed E-state index contributed by atoms with van der Waals surface area (Å²) in [6, 6.07) is 4.38. The second kappa shape index (κ2) is 7.32. The van der Waals surface area contributed by atoms with Crippen molar-refractivity contribution in [3.8, 4) is 11.8 Å². The van der Waals surface area contributed by atoms with E-state index in [0.717, 1.165) is 25.0 Å². The van der Waals surface area contributed by atoms with Gasteiger partial charge in [0.25, 0.3) is 0 Å². The molecule has 2 N–H and O–H groups in total. The fourth-order valence-corrected chi connectivity index (χ4v) is 3.20. The average molecular weight is 293 g/mol. The summed E-state index contributed by atoms with van der Waals surface area (Å²) in [5, 5.41) is 11.3. The molecule has 2 rings (SSSR count). The van der Waals surface area contributed by atoms with E-state index in [-0.39, 0.29) is 23.3 Å². The van der Waals surface area contributed by atoms with E-state index in [0.29, 0.717) is 5.69 Å². The zero-order valence-corrected chi connectivity index (χ0v) is 11.8. The van der Waals surface area contributed by atoms with Crippen molar-refractivity contribution < 1.29 is 14.3 Å². The Morgan fingerprint density at radius 2 is 2.35 bits per heavy atom. The van der Waals surface area contributed by atoms with Gasteiger partial charge in [-0.05, 0) is 36.8 Å². The molecule has 0 aromatic heterocycles. The third-order valence-electron chi connectivity index (χ3n) is 3.01. The summed E-state index contributed by atoms with van der Waals surface area (Å²) in [4.78, 5) is 12.0. The summed E-state index contributed by atoms with van der Waals surface area (Å²) in [5.41, 5.74) is 0.650. The van der Waals surface area contributed by atoms with Crippen LogP contribution in [0, 0.1) is 17.7 Å². The molecule has 0 bridgehead atoms. The molecule has 1 aromatic carbocycles. The Hall–Kier alpha value is -1.51. The Kier molecular flexibility index (Phi) is 5.45. The van der Waals surface area contributed by atoms with Gasteiger partial charge in [0, 0.05) is 5.69 Å². The molecule has 0 radical (unpaired) electrons. The lowest BCUT2D eigenvalue weighted by Crippen LogP contribution is -2.27. The average Bonchev–Trinajstić information content (AvgIpc) is 2.47. The van der Waals surface area contributed by atoms with Crippen LogP contribution in [0.4, 0.5) is 10.1 Å². The number of benzene rings is 1. The van der Waals surface area contributed by atoms with E-state index in [1.807, 2.05) is 0 Å². The first-order chi connectivity index (χ1) is 9.70. The second-order valence-corrected chi connectivity index (χ2v) is 5.81. The third-order valence-corrected chi connectivity index (χ3v) is 4.39. The minimum Gasteiger partial charge on any atom is -0.384 e. The molecule has 3 nitrogen and oxygen atoms in total. The Morgan fingerprint density at radius 1 is 1.50 bits per heavy atom. The summed E-state index contributed by atoms with van der Waals surface area (Å²) >= 11 is 1.65. The molecular formula is C15H16FNO2S. The topological polar surface area (TPSA) is 49.3 Å². The maximum Gasteiger partial charge on any atom is 0.237 e. The van der Waals surface area contributed by atoms with Crippen molar-refractivity contribution in [3.05, 3.63) is 29.6 Å². The second-order valence-electron chi connectivity index (χ2n) is 4.50. The monoisotopic (exact) mass is 293 g/mol. The number of amides is 1. The molecule has 0 spiro atoms. The number of halogens is 1. The number of rotatable bonds is 2. The number of carbonyl (C=O) groups excluding carboxylic acids is 1. The molecule has 1 aliphatic heterocycles. The summed E-state index contributed by atoms with van der Waals surface area (Å²) in [6.07, 6.45) is 3.09. The van der Waals surface area contributed by atoms with Crippen LogP contribution in [-0.2, 0) is 4.79 Å². The van der Waals surface area contributed by atoms with Gasteiger partial charge in [-0.15, -0.1) is 11.8 Å². The third kappa shape index (κ3) is 3.99. The fourth-order valence-electron chi connectivity index (χ4n) is 2.00. The highest BCUT2D eigenvalue weighted by atomic mass is 32.2. The van der Waals surface area contributed by atoms with Crippen LogP contribution >= 0.6 is 11.8 Å². The zero-order valence-electron chi connectivity index (χ0n) is 11.0. The quantitative estimate of drug-likeness (QED) is 0.823. The van der Waals surface area contributed by atoms with Gasteiger partial charge in [0.15, 0.2) is 0 Å². The molecule has 1 unspecified atom stereocenters. The molecule has 0 aliphatic carbocycles. The van der Waals surface area contributed by atoms with Crippen molar-refractivity contribution in [2.24, 2.45) is 0 Å². The van der Waals surface area contributed by atoms with Crippen molar-refractivity contribution in [2.45, 2.75) is 24.5 Å². The van der Waals surface area contributed by atoms with Crippen LogP contribution in [0.15, 0.2) is 18.2 Å². The lowest BCUT2D eigenvalue weighted by atomic mass is 10.1. The van der Waals surface area contributed by atoms with Gasteiger partial charge < -0.3 is 10.4 Å². The van der Waals surface area contributed by atoms with Gasteiger partial charge in [-0.3, -0.25) is 4.79 Å². The van der Waals surface area contributed by atoms with Crippen molar-refractivity contribution in [2.75, 3.05) is 17.7 Å². The number of thioether (sulfide) groups is 1. The van der Waals surface area contributed by atoms with E-state index in [9.17, 15) is 9.18 Å². The smallest absolute Gasteiger partial charge is 0.237 e. The fraction of sp³-hybridized carbons (Fsp3) is 0.400. The van der Waals surface area contributed by atoms with E-state index in [1.54, 1.807) is 17.8 Å². The van der Waals surface area contributed by atoms with E-state index < -0.39 is 5.82 Å². The number of anilines is 1. The Balaban J connectivity index is 2.02. The van der Waals surface area contributed by atoms with Crippen LogP contribution < -0.4 is 5.32 Å². The van der Waals surface area contributed by atoms with Crippen molar-refractivity contribution in [1.82, 2.24) is 0 Å². The maximum atomic E-state index is 13.7. The molecule has 1 atom stereocenters. The molecule has 1 fully saturated rings. The Bertz CT molecular complexity index is 545. The van der Waals surface area contributed by atoms with Gasteiger partial charge in [-0.2, -0.15) is 0 Å². The van der Waals surface area contributed by atoms with Crippen molar-refractivity contribution in [3.63, 3.8) is 0 Å². The highest BCUT2D eigenvalue weighted by Crippen LogP contribution is 2.26. The molecule has 1 aliphatic rings. The largest absolute Gasteiger partial charge is 0.384 e. The first-order valence-electron chi connectivity index (χ1n) is 6.52. The molecule has 1 aromatic rings. The first kappa shape index (κ1) is 14.9. The minimum atomic E-state index is -0.500. The van der Waals surface area contributed by atoms with Gasteiger partial charge in [-0.25, -0.2) is 4.39 Å². The maximum absolute atomic E-state index is 13.7. The van der Waals surface area contributed by atoms with Gasteiger partial charge in [0.05, 0.1) is 10.8 Å². The Labute approximate surface area is 122 Å². The predicted octanol–water partition coefficient (Wildman–Crippen LogP) is 2.39. The summed E-state index contributed by atoms with van der Waals surface area (Å²) in [6.45, 7) is -0.309. The highest BCUT2D eigenvalue weighted by Gasteiger charge is 2.21. The van der Waals surface area contributed by atoms with Crippen LogP contribution in [0.2, 0.25) is 0 Å². The number of hydrogen-bond donors (Lipinski definition) is 2. The predicted molar refractivity (Wildman–Crippen MR) is 79.1 cm³/mol. The van der Waals surface area contributed by atoms with Gasteiger partial charge in [0.1, 0.15) is 12.4 Å². The van der Waals surface area contributed by atoms with Crippen LogP contribution in [0.3, 0.4) is 0 Å². The molecule has 0 saturated carbocycles. The van der Waals surface area contributed by atoms with Crippen molar-refractivity contribution >= 4 is 23.4 Å². The minimum absolute atomic E-state index is 0.0410. The van der Waals surface area contributed by atoms with Gasteiger partial charge in [0.2, 0.25) is 5.91 Å².